The van der Waals surface area contributed by atoms with E-state index in [-0.39, 0.29) is 5.78 Å². The van der Waals surface area contributed by atoms with Crippen molar-refractivity contribution in [3.05, 3.63) is 71.4 Å². The first kappa shape index (κ1) is 13.4. The highest BCUT2D eigenvalue weighted by Crippen LogP contribution is 2.13. The Morgan fingerprint density at radius 3 is 2.67 bits per heavy atom. The number of aromatic nitrogens is 2. The van der Waals surface area contributed by atoms with E-state index in [9.17, 15) is 4.79 Å². The van der Waals surface area contributed by atoms with Crippen molar-refractivity contribution >= 4 is 34.4 Å². The van der Waals surface area contributed by atoms with Gasteiger partial charge in [0.05, 0.1) is 11.0 Å². The van der Waals surface area contributed by atoms with E-state index < -0.39 is 0 Å². The molecular weight excluding hydrogens is 286 g/mol. The summed E-state index contributed by atoms with van der Waals surface area (Å²) in [7, 11) is 0. The maximum Gasteiger partial charge on any atom is 0.205 e. The number of halogens is 1. The molecule has 0 amide bonds. The van der Waals surface area contributed by atoms with Crippen LogP contribution >= 0.6 is 11.6 Å². The lowest BCUT2D eigenvalue weighted by molar-refractivity contribution is 0.104. The zero-order valence-corrected chi connectivity index (χ0v) is 11.8. The first-order valence-electron chi connectivity index (χ1n) is 6.40. The summed E-state index contributed by atoms with van der Waals surface area (Å²) in [5, 5.41) is 3.56. The van der Waals surface area contributed by atoms with E-state index in [1.165, 1.54) is 6.08 Å². The average molecular weight is 298 g/mol. The van der Waals surface area contributed by atoms with E-state index in [1.54, 1.807) is 30.5 Å². The molecule has 0 aliphatic heterocycles. The summed E-state index contributed by atoms with van der Waals surface area (Å²) in [5.74, 6) is 0.492. The molecule has 0 fully saturated rings. The molecule has 0 spiro atoms. The topological polar surface area (TPSA) is 57.8 Å². The van der Waals surface area contributed by atoms with E-state index in [2.05, 4.69) is 15.3 Å². The number of aromatic amines is 1. The number of fused-ring (bicyclic) bond motifs is 1. The number of nitrogens with zero attached hydrogens (tertiary/aromatic N) is 1. The number of H-pyrrole nitrogens is 1. The zero-order chi connectivity index (χ0) is 14.7. The Balaban J connectivity index is 1.68. The number of imidazole rings is 1. The Kier molecular flexibility index (Phi) is 3.71. The van der Waals surface area contributed by atoms with Crippen LogP contribution in [0.3, 0.4) is 0 Å². The van der Waals surface area contributed by atoms with Crippen molar-refractivity contribution in [3.63, 3.8) is 0 Å². The van der Waals surface area contributed by atoms with Crippen LogP contribution in [0, 0.1) is 0 Å². The zero-order valence-electron chi connectivity index (χ0n) is 11.0. The lowest BCUT2D eigenvalue weighted by Crippen LogP contribution is -1.96. The van der Waals surface area contributed by atoms with Crippen LogP contribution in [0.2, 0.25) is 5.02 Å². The molecule has 2 N–H and O–H groups in total. The summed E-state index contributed by atoms with van der Waals surface area (Å²) >= 11 is 5.79. The predicted octanol–water partition coefficient (Wildman–Crippen LogP) is 4.02. The molecule has 5 heteroatoms. The van der Waals surface area contributed by atoms with Crippen LogP contribution < -0.4 is 5.32 Å². The van der Waals surface area contributed by atoms with Crippen LogP contribution in [0.5, 0.6) is 0 Å². The minimum absolute atomic E-state index is 0.102. The Morgan fingerprint density at radius 2 is 1.90 bits per heavy atom. The minimum atomic E-state index is -0.102. The van der Waals surface area contributed by atoms with Gasteiger partial charge in [-0.15, -0.1) is 0 Å². The van der Waals surface area contributed by atoms with Gasteiger partial charge in [-0.1, -0.05) is 23.7 Å². The Morgan fingerprint density at radius 1 is 1.14 bits per heavy atom. The first-order chi connectivity index (χ1) is 10.2. The van der Waals surface area contributed by atoms with Crippen LogP contribution in [-0.2, 0) is 0 Å². The Labute approximate surface area is 126 Å². The van der Waals surface area contributed by atoms with Gasteiger partial charge in [-0.2, -0.15) is 0 Å². The normalized spacial score (nSPS) is 11.1. The molecule has 0 atom stereocenters. The fourth-order valence-corrected chi connectivity index (χ4v) is 2.05. The second-order valence-corrected chi connectivity index (χ2v) is 4.89. The number of para-hydroxylation sites is 2. The van der Waals surface area contributed by atoms with E-state index in [4.69, 9.17) is 11.6 Å². The molecule has 0 radical (unpaired) electrons. The number of carbonyl (C=O) groups excluding carboxylic acids is 1. The molecule has 0 saturated carbocycles. The quantitative estimate of drug-likeness (QED) is 0.565. The van der Waals surface area contributed by atoms with Crippen molar-refractivity contribution < 1.29 is 4.79 Å². The van der Waals surface area contributed by atoms with Crippen molar-refractivity contribution in [3.8, 4) is 0 Å². The second-order valence-electron chi connectivity index (χ2n) is 4.45. The van der Waals surface area contributed by atoms with Crippen LogP contribution in [0.1, 0.15) is 10.4 Å². The molecule has 4 nitrogen and oxygen atoms in total. The number of ketones is 1. The molecule has 2 aromatic carbocycles. The van der Waals surface area contributed by atoms with Crippen LogP contribution in [0.15, 0.2) is 60.8 Å². The standard InChI is InChI=1S/C16H12ClN3O/c17-12-7-5-11(6-8-12)15(21)9-10-18-16-19-13-3-1-2-4-14(13)20-16/h1-10H,(H2,18,19,20). The number of hydrogen-bond donors (Lipinski definition) is 2. The molecule has 3 rings (SSSR count). The lowest BCUT2D eigenvalue weighted by atomic mass is 10.1. The maximum absolute atomic E-state index is 11.9. The highest BCUT2D eigenvalue weighted by atomic mass is 35.5. The lowest BCUT2D eigenvalue weighted by Gasteiger charge is -1.96. The monoisotopic (exact) mass is 297 g/mol. The number of anilines is 1. The SMILES string of the molecule is O=C(C=CNc1nc2ccccc2[nH]1)c1ccc(Cl)cc1. The highest BCUT2D eigenvalue weighted by molar-refractivity contribution is 6.30. The van der Waals surface area contributed by atoms with Crippen molar-refractivity contribution in [1.82, 2.24) is 9.97 Å². The fourth-order valence-electron chi connectivity index (χ4n) is 1.93. The van der Waals surface area contributed by atoms with E-state index in [0.717, 1.165) is 11.0 Å². The number of allylic oxidation sites excluding steroid dienone is 1. The Hall–Kier alpha value is -2.59. The van der Waals surface area contributed by atoms with E-state index in [1.807, 2.05) is 24.3 Å². The van der Waals surface area contributed by atoms with Gasteiger partial charge in [0.15, 0.2) is 5.78 Å². The molecule has 0 bridgehead atoms. The van der Waals surface area contributed by atoms with E-state index >= 15 is 0 Å². The van der Waals surface area contributed by atoms with Crippen molar-refractivity contribution in [1.29, 1.82) is 0 Å². The van der Waals surface area contributed by atoms with Gasteiger partial charge in [-0.05, 0) is 36.4 Å². The van der Waals surface area contributed by atoms with Gasteiger partial charge in [0.2, 0.25) is 5.95 Å². The first-order valence-corrected chi connectivity index (χ1v) is 6.78. The molecule has 3 aromatic rings. The third-order valence-corrected chi connectivity index (χ3v) is 3.22. The average Bonchev–Trinajstić information content (AvgIpc) is 2.90. The van der Waals surface area contributed by atoms with Gasteiger partial charge in [0.1, 0.15) is 0 Å². The van der Waals surface area contributed by atoms with E-state index in [0.29, 0.717) is 16.5 Å². The minimum Gasteiger partial charge on any atom is -0.332 e. The number of nitrogens with one attached hydrogen (secondary N) is 2. The summed E-state index contributed by atoms with van der Waals surface area (Å²) < 4.78 is 0. The third kappa shape index (κ3) is 3.12. The summed E-state index contributed by atoms with van der Waals surface area (Å²) in [6, 6.07) is 14.5. The predicted molar refractivity (Wildman–Crippen MR) is 84.6 cm³/mol. The molecule has 0 aliphatic rings. The molecule has 0 unspecified atom stereocenters. The fraction of sp³-hybridized carbons (Fsp3) is 0. The molecule has 1 aromatic heterocycles. The van der Waals surface area contributed by atoms with Gasteiger partial charge in [-0.25, -0.2) is 4.98 Å². The number of benzene rings is 2. The van der Waals surface area contributed by atoms with Crippen LogP contribution in [0.4, 0.5) is 5.95 Å². The van der Waals surface area contributed by atoms with Crippen molar-refractivity contribution in [2.24, 2.45) is 0 Å². The summed E-state index contributed by atoms with van der Waals surface area (Å²) in [5.41, 5.74) is 2.40. The summed E-state index contributed by atoms with van der Waals surface area (Å²) in [4.78, 5) is 19.4. The summed E-state index contributed by atoms with van der Waals surface area (Å²) in [6.07, 6.45) is 3.02. The third-order valence-electron chi connectivity index (χ3n) is 2.97. The van der Waals surface area contributed by atoms with Crippen LogP contribution in [0.25, 0.3) is 11.0 Å². The van der Waals surface area contributed by atoms with Crippen LogP contribution in [-0.4, -0.2) is 15.8 Å². The number of rotatable bonds is 4. The molecule has 1 heterocycles. The van der Waals surface area contributed by atoms with Gasteiger partial charge in [-0.3, -0.25) is 4.79 Å². The van der Waals surface area contributed by atoms with Crippen molar-refractivity contribution in [2.45, 2.75) is 0 Å². The van der Waals surface area contributed by atoms with Gasteiger partial charge in [0, 0.05) is 22.9 Å². The molecule has 104 valence electrons. The maximum atomic E-state index is 11.9. The molecule has 21 heavy (non-hydrogen) atoms. The Bertz CT molecular complexity index is 773. The molecule has 0 aliphatic carbocycles. The highest BCUT2D eigenvalue weighted by Gasteiger charge is 2.02. The summed E-state index contributed by atoms with van der Waals surface area (Å²) in [6.45, 7) is 0. The van der Waals surface area contributed by atoms with Crippen molar-refractivity contribution in [2.75, 3.05) is 5.32 Å². The van der Waals surface area contributed by atoms with Gasteiger partial charge in [0.25, 0.3) is 0 Å². The molecular formula is C16H12ClN3O. The number of carbonyl (C=O) groups is 1. The van der Waals surface area contributed by atoms with Gasteiger partial charge >= 0.3 is 0 Å². The largest absolute Gasteiger partial charge is 0.332 e. The number of hydrogen-bond acceptors (Lipinski definition) is 3. The smallest absolute Gasteiger partial charge is 0.205 e. The second kappa shape index (κ2) is 5.81. The van der Waals surface area contributed by atoms with Gasteiger partial charge < -0.3 is 10.3 Å². The molecule has 0 saturated heterocycles.